The normalized spacial score (nSPS) is 14.1. The molecule has 0 fully saturated rings. The van der Waals surface area contributed by atoms with E-state index in [1.807, 2.05) is 0 Å². The summed E-state index contributed by atoms with van der Waals surface area (Å²) in [5.74, 6) is 0.0451. The predicted octanol–water partition coefficient (Wildman–Crippen LogP) is -2.10. The zero-order valence-electron chi connectivity index (χ0n) is 7.90. The fourth-order valence-electron chi connectivity index (χ4n) is 0.802. The van der Waals surface area contributed by atoms with Crippen LogP contribution in [0.25, 0.3) is 0 Å². The molecule has 0 saturated heterocycles. The minimum Gasteiger partial charge on any atom is -0.726 e. The standard InChI is InChI=1S/C6H14O4S.K/c1-4-6(5(2)3)10-11(7,8)9;/h5-6H,4H2,1-3H3,(H,7,8,9);/q;+1/p-1. The Hall–Kier alpha value is 1.51. The fourth-order valence-corrected chi connectivity index (χ4v) is 1.46. The van der Waals surface area contributed by atoms with Crippen LogP contribution in [0.15, 0.2) is 0 Å². The molecule has 6 heteroatoms. The SMILES string of the molecule is CCC(OS(=O)(=O)[O-])C(C)C.[K+]. The van der Waals surface area contributed by atoms with Gasteiger partial charge in [-0.3, -0.25) is 4.18 Å². The van der Waals surface area contributed by atoms with E-state index in [2.05, 4.69) is 4.18 Å². The number of hydrogen-bond acceptors (Lipinski definition) is 4. The van der Waals surface area contributed by atoms with Crippen LogP contribution in [-0.4, -0.2) is 19.1 Å². The predicted molar refractivity (Wildman–Crippen MR) is 39.7 cm³/mol. The summed E-state index contributed by atoms with van der Waals surface area (Å²) in [5, 5.41) is 0. The molecule has 0 aromatic carbocycles. The van der Waals surface area contributed by atoms with E-state index in [0.717, 1.165) is 0 Å². The Morgan fingerprint density at radius 1 is 1.42 bits per heavy atom. The Labute approximate surface area is 116 Å². The third-order valence-electron chi connectivity index (χ3n) is 1.39. The second-order valence-corrected chi connectivity index (χ2v) is 3.70. The maximum absolute atomic E-state index is 10.1. The van der Waals surface area contributed by atoms with Gasteiger partial charge in [-0.2, -0.15) is 0 Å². The van der Waals surface area contributed by atoms with Gasteiger partial charge in [-0.05, 0) is 12.3 Å². The maximum Gasteiger partial charge on any atom is 1.00 e. The molecule has 1 unspecified atom stereocenters. The summed E-state index contributed by atoms with van der Waals surface area (Å²) in [6, 6.07) is 0. The molecule has 0 aliphatic heterocycles. The molecule has 0 saturated carbocycles. The molecule has 0 aliphatic rings. The van der Waals surface area contributed by atoms with Gasteiger partial charge in [0.05, 0.1) is 6.10 Å². The molecule has 0 amide bonds. The molecule has 0 aliphatic carbocycles. The zero-order chi connectivity index (χ0) is 9.07. The molecule has 4 nitrogen and oxygen atoms in total. The fraction of sp³-hybridized carbons (Fsp3) is 1.00. The first-order chi connectivity index (χ1) is 4.87. The van der Waals surface area contributed by atoms with Crippen molar-refractivity contribution >= 4 is 10.4 Å². The molecule has 1 atom stereocenters. The Kier molecular flexibility index (Phi) is 9.16. The van der Waals surface area contributed by atoms with Crippen LogP contribution in [0, 0.1) is 5.92 Å². The Morgan fingerprint density at radius 3 is 1.92 bits per heavy atom. The van der Waals surface area contributed by atoms with E-state index in [1.165, 1.54) is 0 Å². The summed E-state index contributed by atoms with van der Waals surface area (Å²) in [6.07, 6.45) is 0.0385. The molecule has 0 rings (SSSR count). The van der Waals surface area contributed by atoms with E-state index >= 15 is 0 Å². The van der Waals surface area contributed by atoms with E-state index < -0.39 is 16.5 Å². The van der Waals surface area contributed by atoms with Crippen molar-refractivity contribution in [3.63, 3.8) is 0 Å². The second kappa shape index (κ2) is 6.89. The molecule has 0 aromatic heterocycles. The van der Waals surface area contributed by atoms with Gasteiger partial charge < -0.3 is 4.55 Å². The minimum atomic E-state index is -4.53. The van der Waals surface area contributed by atoms with Crippen LogP contribution in [0.5, 0.6) is 0 Å². The van der Waals surface area contributed by atoms with Crippen LogP contribution in [0.3, 0.4) is 0 Å². The summed E-state index contributed by atoms with van der Waals surface area (Å²) in [4.78, 5) is 0. The minimum absolute atomic E-state index is 0. The van der Waals surface area contributed by atoms with Gasteiger partial charge in [-0.25, -0.2) is 8.42 Å². The van der Waals surface area contributed by atoms with Gasteiger partial charge in [-0.15, -0.1) is 0 Å². The summed E-state index contributed by atoms with van der Waals surface area (Å²) < 4.78 is 34.6. The van der Waals surface area contributed by atoms with Crippen molar-refractivity contribution in [3.05, 3.63) is 0 Å². The molecule has 12 heavy (non-hydrogen) atoms. The van der Waals surface area contributed by atoms with Crippen molar-refractivity contribution in [3.8, 4) is 0 Å². The van der Waals surface area contributed by atoms with Crippen LogP contribution in [-0.2, 0) is 14.6 Å². The first-order valence-corrected chi connectivity index (χ1v) is 4.84. The van der Waals surface area contributed by atoms with Crippen LogP contribution in [0.2, 0.25) is 0 Å². The van der Waals surface area contributed by atoms with Crippen molar-refractivity contribution in [1.82, 2.24) is 0 Å². The topological polar surface area (TPSA) is 66.4 Å². The van der Waals surface area contributed by atoms with E-state index in [9.17, 15) is 13.0 Å². The van der Waals surface area contributed by atoms with Gasteiger partial charge in [0.1, 0.15) is 0 Å². The molecule has 0 bridgehead atoms. The largest absolute Gasteiger partial charge is 1.00 e. The quantitative estimate of drug-likeness (QED) is 0.309. The van der Waals surface area contributed by atoms with Crippen molar-refractivity contribution in [2.45, 2.75) is 33.3 Å². The first-order valence-electron chi connectivity index (χ1n) is 3.51. The molecule has 0 radical (unpaired) electrons. The summed E-state index contributed by atoms with van der Waals surface area (Å²) >= 11 is 0. The average Bonchev–Trinajstić information content (AvgIpc) is 1.80. The summed E-state index contributed by atoms with van der Waals surface area (Å²) in [5.41, 5.74) is 0. The van der Waals surface area contributed by atoms with Gasteiger partial charge in [0.2, 0.25) is 10.4 Å². The first kappa shape index (κ1) is 16.0. The molecule has 0 aromatic rings. The van der Waals surface area contributed by atoms with Crippen molar-refractivity contribution in [2.75, 3.05) is 0 Å². The van der Waals surface area contributed by atoms with Gasteiger partial charge >= 0.3 is 51.4 Å². The van der Waals surface area contributed by atoms with E-state index in [-0.39, 0.29) is 57.3 Å². The van der Waals surface area contributed by atoms with Gasteiger partial charge in [-0.1, -0.05) is 20.8 Å². The van der Waals surface area contributed by atoms with Crippen molar-refractivity contribution < 1.29 is 68.5 Å². The molecular weight excluding hydrogens is 207 g/mol. The Balaban J connectivity index is 0. The Bertz CT molecular complexity index is 200. The third-order valence-corrected chi connectivity index (χ3v) is 1.87. The number of hydrogen-bond donors (Lipinski definition) is 0. The second-order valence-electron chi connectivity index (χ2n) is 2.70. The van der Waals surface area contributed by atoms with Crippen molar-refractivity contribution in [1.29, 1.82) is 0 Å². The monoisotopic (exact) mass is 220 g/mol. The number of rotatable bonds is 4. The molecule has 0 heterocycles. The molecule has 0 N–H and O–H groups in total. The van der Waals surface area contributed by atoms with Gasteiger partial charge in [0.15, 0.2) is 0 Å². The van der Waals surface area contributed by atoms with Crippen LogP contribution >= 0.6 is 0 Å². The van der Waals surface area contributed by atoms with Crippen LogP contribution in [0.1, 0.15) is 27.2 Å². The average molecular weight is 220 g/mol. The molecular formula is C6H13KO4S. The van der Waals surface area contributed by atoms with Crippen LogP contribution in [0.4, 0.5) is 0 Å². The van der Waals surface area contributed by atoms with Crippen molar-refractivity contribution in [2.24, 2.45) is 5.92 Å². The molecule has 68 valence electrons. The zero-order valence-corrected chi connectivity index (χ0v) is 11.8. The van der Waals surface area contributed by atoms with E-state index in [1.54, 1.807) is 20.8 Å². The van der Waals surface area contributed by atoms with Gasteiger partial charge in [0.25, 0.3) is 0 Å². The van der Waals surface area contributed by atoms with E-state index in [0.29, 0.717) is 6.42 Å². The summed E-state index contributed by atoms with van der Waals surface area (Å²) in [7, 11) is -4.53. The van der Waals surface area contributed by atoms with Crippen LogP contribution < -0.4 is 51.4 Å². The molecule has 0 spiro atoms. The smallest absolute Gasteiger partial charge is 0.726 e. The van der Waals surface area contributed by atoms with Gasteiger partial charge in [0, 0.05) is 0 Å². The summed E-state index contributed by atoms with van der Waals surface area (Å²) in [6.45, 7) is 5.38. The third kappa shape index (κ3) is 8.12. The van der Waals surface area contributed by atoms with E-state index in [4.69, 9.17) is 0 Å². The maximum atomic E-state index is 10.1. The Morgan fingerprint density at radius 2 is 1.83 bits per heavy atom.